The van der Waals surface area contributed by atoms with E-state index < -0.39 is 11.6 Å². The van der Waals surface area contributed by atoms with Crippen molar-refractivity contribution in [2.75, 3.05) is 19.7 Å². The molecule has 102 valence electrons. The minimum Gasteiger partial charge on any atom is -0.480 e. The van der Waals surface area contributed by atoms with Crippen LogP contribution in [-0.4, -0.2) is 53.3 Å². The highest BCUT2D eigenvalue weighted by Crippen LogP contribution is 2.25. The van der Waals surface area contributed by atoms with Gasteiger partial charge in [0.2, 0.25) is 0 Å². The average molecular weight is 256 g/mol. The first-order chi connectivity index (χ1) is 8.48. The van der Waals surface area contributed by atoms with Crippen LogP contribution in [-0.2, 0) is 9.53 Å². The predicted molar refractivity (Wildman–Crippen MR) is 64.4 cm³/mol. The molecule has 0 unspecified atom stereocenters. The van der Waals surface area contributed by atoms with Gasteiger partial charge in [0.1, 0.15) is 12.2 Å². The lowest BCUT2D eigenvalue weighted by Crippen LogP contribution is -2.65. The van der Waals surface area contributed by atoms with Crippen molar-refractivity contribution < 1.29 is 19.4 Å². The van der Waals surface area contributed by atoms with E-state index in [0.29, 0.717) is 19.1 Å². The van der Waals surface area contributed by atoms with Crippen molar-refractivity contribution in [3.05, 3.63) is 0 Å². The molecular weight excluding hydrogens is 236 g/mol. The highest BCUT2D eigenvalue weighted by Gasteiger charge is 2.43. The van der Waals surface area contributed by atoms with Crippen molar-refractivity contribution in [1.29, 1.82) is 0 Å². The summed E-state index contributed by atoms with van der Waals surface area (Å²) in [6.45, 7) is 2.43. The van der Waals surface area contributed by atoms with Crippen LogP contribution in [0, 0.1) is 0 Å². The van der Waals surface area contributed by atoms with Crippen molar-refractivity contribution in [3.63, 3.8) is 0 Å². The molecule has 1 aliphatic carbocycles. The van der Waals surface area contributed by atoms with E-state index in [9.17, 15) is 9.59 Å². The molecule has 1 saturated heterocycles. The molecule has 0 radical (unpaired) electrons. The largest absolute Gasteiger partial charge is 0.480 e. The minimum absolute atomic E-state index is 0.0571. The second-order valence-corrected chi connectivity index (χ2v) is 5.42. The van der Waals surface area contributed by atoms with Crippen LogP contribution in [0.15, 0.2) is 0 Å². The number of nitrogens with zero attached hydrogens (tertiary/aromatic N) is 1. The maximum Gasteiger partial charge on any atom is 0.329 e. The van der Waals surface area contributed by atoms with Crippen molar-refractivity contribution in [2.24, 2.45) is 0 Å². The smallest absolute Gasteiger partial charge is 0.329 e. The normalized spacial score (nSPS) is 22.6. The van der Waals surface area contributed by atoms with Gasteiger partial charge in [-0.1, -0.05) is 12.8 Å². The van der Waals surface area contributed by atoms with E-state index in [1.54, 1.807) is 4.90 Å². The molecule has 0 aromatic rings. The van der Waals surface area contributed by atoms with Gasteiger partial charge in [-0.3, -0.25) is 0 Å². The molecule has 2 N–H and O–H groups in total. The van der Waals surface area contributed by atoms with E-state index in [1.807, 2.05) is 6.92 Å². The summed E-state index contributed by atoms with van der Waals surface area (Å²) in [5.41, 5.74) is -0.509. The van der Waals surface area contributed by atoms with Crippen LogP contribution in [0.5, 0.6) is 0 Å². The van der Waals surface area contributed by atoms with Crippen molar-refractivity contribution in [1.82, 2.24) is 10.2 Å². The molecule has 2 fully saturated rings. The lowest BCUT2D eigenvalue weighted by molar-refractivity contribution is -0.159. The fraction of sp³-hybridized carbons (Fsp3) is 0.833. The van der Waals surface area contributed by atoms with E-state index >= 15 is 0 Å². The van der Waals surface area contributed by atoms with E-state index in [0.717, 1.165) is 12.8 Å². The fourth-order valence-corrected chi connectivity index (χ4v) is 2.57. The van der Waals surface area contributed by atoms with Crippen LogP contribution in [0.4, 0.5) is 4.79 Å². The third kappa shape index (κ3) is 3.13. The number of likely N-dealkylation sites (tertiary alicyclic amines) is 1. The van der Waals surface area contributed by atoms with Crippen LogP contribution in [0.1, 0.15) is 32.6 Å². The van der Waals surface area contributed by atoms with Gasteiger partial charge in [-0.25, -0.2) is 9.59 Å². The molecule has 0 bridgehead atoms. The van der Waals surface area contributed by atoms with Gasteiger partial charge in [-0.05, 0) is 19.8 Å². The molecule has 18 heavy (non-hydrogen) atoms. The summed E-state index contributed by atoms with van der Waals surface area (Å²) in [7, 11) is 0. The van der Waals surface area contributed by atoms with Crippen LogP contribution in [0.2, 0.25) is 0 Å². The highest BCUT2D eigenvalue weighted by atomic mass is 16.5. The Bertz CT molecular complexity index is 333. The number of ether oxygens (including phenoxy) is 1. The lowest BCUT2D eigenvalue weighted by Gasteiger charge is -2.47. The van der Waals surface area contributed by atoms with Gasteiger partial charge in [0, 0.05) is 6.04 Å². The predicted octanol–water partition coefficient (Wildman–Crippen LogP) is 0.814. The summed E-state index contributed by atoms with van der Waals surface area (Å²) in [5, 5.41) is 11.5. The molecule has 0 aromatic carbocycles. The fourth-order valence-electron chi connectivity index (χ4n) is 2.57. The topological polar surface area (TPSA) is 78.9 Å². The highest BCUT2D eigenvalue weighted by molar-refractivity contribution is 5.76. The molecule has 0 spiro atoms. The SMILES string of the molecule is CC1(OCC(=O)O)CN(C(=O)NC2CCCC2)C1. The molecule has 2 amide bonds. The number of carbonyl (C=O) groups excluding carboxylic acids is 1. The van der Waals surface area contributed by atoms with Gasteiger partial charge in [0.05, 0.1) is 13.1 Å². The molecule has 2 aliphatic rings. The maximum atomic E-state index is 11.9. The van der Waals surface area contributed by atoms with Crippen LogP contribution in [0.3, 0.4) is 0 Å². The summed E-state index contributed by atoms with van der Waals surface area (Å²) in [6, 6.07) is 0.252. The molecule has 0 atom stereocenters. The Morgan fingerprint density at radius 1 is 1.39 bits per heavy atom. The molecule has 1 aliphatic heterocycles. The second kappa shape index (κ2) is 5.14. The third-order valence-corrected chi connectivity index (χ3v) is 3.56. The van der Waals surface area contributed by atoms with E-state index in [1.165, 1.54) is 12.8 Å². The Morgan fingerprint density at radius 2 is 2.00 bits per heavy atom. The number of carbonyl (C=O) groups is 2. The van der Waals surface area contributed by atoms with Gasteiger partial charge >= 0.3 is 12.0 Å². The summed E-state index contributed by atoms with van der Waals surface area (Å²) < 4.78 is 5.26. The summed E-state index contributed by atoms with van der Waals surface area (Å²) >= 11 is 0. The standard InChI is InChI=1S/C12H20N2O4/c1-12(18-6-10(15)16)7-14(8-12)11(17)13-9-4-2-3-5-9/h9H,2-8H2,1H3,(H,13,17)(H,15,16). The zero-order valence-corrected chi connectivity index (χ0v) is 10.6. The van der Waals surface area contributed by atoms with Gasteiger partial charge < -0.3 is 20.1 Å². The minimum atomic E-state index is -0.981. The molecule has 6 nitrogen and oxygen atoms in total. The van der Waals surface area contributed by atoms with Crippen molar-refractivity contribution in [3.8, 4) is 0 Å². The van der Waals surface area contributed by atoms with Crippen molar-refractivity contribution >= 4 is 12.0 Å². The number of amides is 2. The zero-order chi connectivity index (χ0) is 13.2. The number of carboxylic acid groups (broad SMARTS) is 1. The molecular formula is C12H20N2O4. The number of carboxylic acids is 1. The summed E-state index contributed by atoms with van der Waals surface area (Å²) in [6.07, 6.45) is 4.49. The molecule has 1 heterocycles. The number of hydrogen-bond acceptors (Lipinski definition) is 3. The van der Waals surface area contributed by atoms with E-state index in [4.69, 9.17) is 9.84 Å². The first-order valence-electron chi connectivity index (χ1n) is 6.40. The third-order valence-electron chi connectivity index (χ3n) is 3.56. The number of aliphatic carboxylic acids is 1. The molecule has 0 aromatic heterocycles. The Morgan fingerprint density at radius 3 is 2.56 bits per heavy atom. The number of hydrogen-bond donors (Lipinski definition) is 2. The Balaban J connectivity index is 1.70. The van der Waals surface area contributed by atoms with E-state index in [2.05, 4.69) is 5.32 Å². The van der Waals surface area contributed by atoms with Crippen LogP contribution < -0.4 is 5.32 Å². The molecule has 6 heteroatoms. The Labute approximate surface area is 106 Å². The summed E-state index contributed by atoms with van der Waals surface area (Å²) in [4.78, 5) is 23.9. The second-order valence-electron chi connectivity index (χ2n) is 5.42. The number of urea groups is 1. The van der Waals surface area contributed by atoms with Gasteiger partial charge in [-0.2, -0.15) is 0 Å². The first-order valence-corrected chi connectivity index (χ1v) is 6.40. The van der Waals surface area contributed by atoms with E-state index in [-0.39, 0.29) is 12.6 Å². The zero-order valence-electron chi connectivity index (χ0n) is 10.6. The van der Waals surface area contributed by atoms with Crippen LogP contribution >= 0.6 is 0 Å². The number of rotatable bonds is 4. The maximum absolute atomic E-state index is 11.9. The lowest BCUT2D eigenvalue weighted by atomic mass is 9.97. The Hall–Kier alpha value is -1.30. The summed E-state index contributed by atoms with van der Waals surface area (Å²) in [5.74, 6) is -0.981. The van der Waals surface area contributed by atoms with Gasteiger partial charge in [-0.15, -0.1) is 0 Å². The molecule has 1 saturated carbocycles. The van der Waals surface area contributed by atoms with Crippen molar-refractivity contribution in [2.45, 2.75) is 44.2 Å². The van der Waals surface area contributed by atoms with Gasteiger partial charge in [0.15, 0.2) is 0 Å². The van der Waals surface area contributed by atoms with Crippen LogP contribution in [0.25, 0.3) is 0 Å². The number of nitrogens with one attached hydrogen (secondary N) is 1. The van der Waals surface area contributed by atoms with Gasteiger partial charge in [0.25, 0.3) is 0 Å². The molecule has 2 rings (SSSR count). The monoisotopic (exact) mass is 256 g/mol. The quantitative estimate of drug-likeness (QED) is 0.780. The average Bonchev–Trinajstić information content (AvgIpc) is 2.75. The first kappa shape index (κ1) is 13.1. The Kier molecular flexibility index (Phi) is 3.75.